The molecule has 9 heteroatoms. The number of carbonyl (C=O) groups is 1. The molecule has 1 heterocycles. The molecule has 168 valence electrons. The molecule has 0 aromatic heterocycles. The Balaban J connectivity index is 1.67. The number of aliphatic imine (C=N–C) groups is 1. The Morgan fingerprint density at radius 1 is 1.06 bits per heavy atom. The number of nitrogens with two attached hydrogens (primary N) is 1. The van der Waals surface area contributed by atoms with E-state index in [0.29, 0.717) is 15.8 Å². The molecule has 1 saturated heterocycles. The SMILES string of the molecule is COc1ccc(C=C2SC(=Nc3ccc(S(N)(=O)=O)cc3)N(C3CCCCC3)C2=O)cc1. The second kappa shape index (κ2) is 9.48. The molecule has 2 fully saturated rings. The molecule has 0 atom stereocenters. The van der Waals surface area contributed by atoms with Gasteiger partial charge in [0.25, 0.3) is 5.91 Å². The monoisotopic (exact) mass is 471 g/mol. The number of sulfonamides is 1. The maximum Gasteiger partial charge on any atom is 0.267 e. The Labute approximate surface area is 192 Å². The summed E-state index contributed by atoms with van der Waals surface area (Å²) in [6.45, 7) is 0. The van der Waals surface area contributed by atoms with Crippen molar-refractivity contribution in [1.82, 2.24) is 4.90 Å². The van der Waals surface area contributed by atoms with Gasteiger partial charge in [0.1, 0.15) is 5.75 Å². The first kappa shape index (κ1) is 22.6. The van der Waals surface area contributed by atoms with Gasteiger partial charge in [-0.2, -0.15) is 0 Å². The van der Waals surface area contributed by atoms with E-state index in [1.807, 2.05) is 35.2 Å². The van der Waals surface area contributed by atoms with Crippen molar-refractivity contribution in [1.29, 1.82) is 0 Å². The number of hydrogen-bond donors (Lipinski definition) is 1. The number of rotatable bonds is 5. The Kier molecular flexibility index (Phi) is 6.68. The van der Waals surface area contributed by atoms with Crippen molar-refractivity contribution in [2.45, 2.75) is 43.0 Å². The van der Waals surface area contributed by atoms with E-state index in [1.54, 1.807) is 19.2 Å². The molecule has 7 nitrogen and oxygen atoms in total. The summed E-state index contributed by atoms with van der Waals surface area (Å²) in [6, 6.07) is 13.7. The molecule has 1 saturated carbocycles. The Morgan fingerprint density at radius 3 is 2.31 bits per heavy atom. The molecule has 0 unspecified atom stereocenters. The molecule has 2 N–H and O–H groups in total. The summed E-state index contributed by atoms with van der Waals surface area (Å²) in [7, 11) is -2.15. The smallest absolute Gasteiger partial charge is 0.267 e. The third-order valence-corrected chi connectivity index (χ3v) is 7.49. The normalized spacial score (nSPS) is 20.3. The minimum Gasteiger partial charge on any atom is -0.497 e. The van der Waals surface area contributed by atoms with E-state index >= 15 is 0 Å². The van der Waals surface area contributed by atoms with Gasteiger partial charge in [-0.15, -0.1) is 0 Å². The molecular weight excluding hydrogens is 446 g/mol. The van der Waals surface area contributed by atoms with E-state index in [0.717, 1.165) is 37.0 Å². The van der Waals surface area contributed by atoms with Crippen molar-refractivity contribution < 1.29 is 17.9 Å². The summed E-state index contributed by atoms with van der Waals surface area (Å²) < 4.78 is 28.2. The number of amidine groups is 1. The van der Waals surface area contributed by atoms with Gasteiger partial charge in [-0.25, -0.2) is 18.5 Å². The fourth-order valence-electron chi connectivity index (χ4n) is 3.90. The van der Waals surface area contributed by atoms with Gasteiger partial charge in [-0.1, -0.05) is 31.4 Å². The molecular formula is C23H25N3O4S2. The number of amides is 1. The second-order valence-corrected chi connectivity index (χ2v) is 10.4. The van der Waals surface area contributed by atoms with Crippen molar-refractivity contribution >= 4 is 44.6 Å². The molecule has 1 aliphatic heterocycles. The lowest BCUT2D eigenvalue weighted by molar-refractivity contribution is -0.124. The predicted octanol–water partition coefficient (Wildman–Crippen LogP) is 4.28. The number of carbonyl (C=O) groups excluding carboxylic acids is 1. The van der Waals surface area contributed by atoms with Crippen LogP contribution in [0.2, 0.25) is 0 Å². The highest BCUT2D eigenvalue weighted by atomic mass is 32.2. The summed E-state index contributed by atoms with van der Waals surface area (Å²) in [6.07, 6.45) is 7.13. The standard InChI is InChI=1S/C23H25N3O4S2/c1-30-19-11-7-16(8-12-19)15-21-22(27)26(18-5-3-2-4-6-18)23(31-21)25-17-9-13-20(14-10-17)32(24,28)29/h7-15,18H,2-6H2,1H3,(H2,24,28,29). The lowest BCUT2D eigenvalue weighted by atomic mass is 9.94. The van der Waals surface area contributed by atoms with E-state index < -0.39 is 10.0 Å². The second-order valence-electron chi connectivity index (χ2n) is 7.78. The predicted molar refractivity (Wildman–Crippen MR) is 127 cm³/mol. The van der Waals surface area contributed by atoms with Crippen LogP contribution in [0.1, 0.15) is 37.7 Å². The lowest BCUT2D eigenvalue weighted by Crippen LogP contribution is -2.40. The highest BCUT2D eigenvalue weighted by Gasteiger charge is 2.38. The van der Waals surface area contributed by atoms with Gasteiger partial charge >= 0.3 is 0 Å². The number of ether oxygens (including phenoxy) is 1. The summed E-state index contributed by atoms with van der Waals surface area (Å²) >= 11 is 1.34. The van der Waals surface area contributed by atoms with Gasteiger partial charge in [0.2, 0.25) is 10.0 Å². The van der Waals surface area contributed by atoms with Gasteiger partial charge in [0.15, 0.2) is 5.17 Å². The van der Waals surface area contributed by atoms with Gasteiger partial charge in [0.05, 0.1) is 22.6 Å². The third kappa shape index (κ3) is 5.06. The van der Waals surface area contributed by atoms with E-state index in [2.05, 4.69) is 0 Å². The molecule has 0 radical (unpaired) electrons. The number of methoxy groups -OCH3 is 1. The summed E-state index contributed by atoms with van der Waals surface area (Å²) in [5.41, 5.74) is 1.48. The van der Waals surface area contributed by atoms with Crippen LogP contribution in [0.15, 0.2) is 63.3 Å². The van der Waals surface area contributed by atoms with Crippen LogP contribution in [0.3, 0.4) is 0 Å². The molecule has 32 heavy (non-hydrogen) atoms. The summed E-state index contributed by atoms with van der Waals surface area (Å²) in [5.74, 6) is 0.712. The molecule has 2 aromatic rings. The first-order valence-electron chi connectivity index (χ1n) is 10.4. The van der Waals surface area contributed by atoms with Gasteiger partial charge in [-0.05, 0) is 72.6 Å². The van der Waals surface area contributed by atoms with E-state index in [1.165, 1.54) is 30.3 Å². The minimum absolute atomic E-state index is 0.0285. The molecule has 4 rings (SSSR count). The fourth-order valence-corrected chi connectivity index (χ4v) is 5.47. The molecule has 0 spiro atoms. The van der Waals surface area contributed by atoms with Crippen LogP contribution in [-0.4, -0.2) is 37.5 Å². The fraction of sp³-hybridized carbons (Fsp3) is 0.304. The molecule has 1 aliphatic carbocycles. The number of benzene rings is 2. The van der Waals surface area contributed by atoms with Crippen LogP contribution >= 0.6 is 11.8 Å². The number of primary sulfonamides is 1. The number of nitrogens with zero attached hydrogens (tertiary/aromatic N) is 2. The van der Waals surface area contributed by atoms with Crippen molar-refractivity contribution in [3.05, 3.63) is 59.0 Å². The van der Waals surface area contributed by atoms with Crippen molar-refractivity contribution in [3.8, 4) is 5.75 Å². The lowest BCUT2D eigenvalue weighted by Gasteiger charge is -2.30. The van der Waals surface area contributed by atoms with Crippen LogP contribution in [0.25, 0.3) is 6.08 Å². The molecule has 0 bridgehead atoms. The zero-order valence-electron chi connectivity index (χ0n) is 17.7. The third-order valence-electron chi connectivity index (χ3n) is 5.58. The Hall–Kier alpha value is -2.62. The minimum atomic E-state index is -3.77. The number of thioether (sulfide) groups is 1. The highest BCUT2D eigenvalue weighted by Crippen LogP contribution is 2.38. The van der Waals surface area contributed by atoms with Crippen molar-refractivity contribution in [2.75, 3.05) is 7.11 Å². The van der Waals surface area contributed by atoms with Crippen LogP contribution in [0, 0.1) is 0 Å². The molecule has 1 amide bonds. The van der Waals surface area contributed by atoms with Crippen LogP contribution in [0.5, 0.6) is 5.75 Å². The zero-order valence-corrected chi connectivity index (χ0v) is 19.4. The first-order valence-corrected chi connectivity index (χ1v) is 12.8. The first-order chi connectivity index (χ1) is 15.3. The summed E-state index contributed by atoms with van der Waals surface area (Å²) in [5, 5.41) is 5.80. The highest BCUT2D eigenvalue weighted by molar-refractivity contribution is 8.18. The van der Waals surface area contributed by atoms with Gasteiger partial charge < -0.3 is 4.74 Å². The van der Waals surface area contributed by atoms with E-state index in [-0.39, 0.29) is 16.8 Å². The Bertz CT molecular complexity index is 1150. The quantitative estimate of drug-likeness (QED) is 0.656. The molecule has 2 aliphatic rings. The van der Waals surface area contributed by atoms with Gasteiger partial charge in [-0.3, -0.25) is 9.69 Å². The summed E-state index contributed by atoms with van der Waals surface area (Å²) in [4.78, 5) is 20.5. The molecule has 2 aromatic carbocycles. The topological polar surface area (TPSA) is 102 Å². The largest absolute Gasteiger partial charge is 0.497 e. The van der Waals surface area contributed by atoms with E-state index in [9.17, 15) is 13.2 Å². The van der Waals surface area contributed by atoms with Crippen molar-refractivity contribution in [3.63, 3.8) is 0 Å². The van der Waals surface area contributed by atoms with Crippen LogP contribution in [-0.2, 0) is 14.8 Å². The maximum atomic E-state index is 13.4. The van der Waals surface area contributed by atoms with Crippen LogP contribution < -0.4 is 9.88 Å². The average Bonchev–Trinajstić information content (AvgIpc) is 3.09. The average molecular weight is 472 g/mol. The van der Waals surface area contributed by atoms with Crippen molar-refractivity contribution in [2.24, 2.45) is 10.1 Å². The van der Waals surface area contributed by atoms with Gasteiger partial charge in [0, 0.05) is 6.04 Å². The van der Waals surface area contributed by atoms with E-state index in [4.69, 9.17) is 14.9 Å². The van der Waals surface area contributed by atoms with Crippen LogP contribution in [0.4, 0.5) is 5.69 Å². The maximum absolute atomic E-state index is 13.4. The Morgan fingerprint density at radius 2 is 1.72 bits per heavy atom. The zero-order chi connectivity index (χ0) is 22.7. The number of hydrogen-bond acceptors (Lipinski definition) is 6.